The van der Waals surface area contributed by atoms with E-state index < -0.39 is 27.9 Å². The quantitative estimate of drug-likeness (QED) is 0.681. The fourth-order valence-electron chi connectivity index (χ4n) is 2.04. The Kier molecular flexibility index (Phi) is 4.16. The Morgan fingerprint density at radius 2 is 1.90 bits per heavy atom. The minimum absolute atomic E-state index is 0.175. The summed E-state index contributed by atoms with van der Waals surface area (Å²) in [6, 6.07) is 7.43. The molecular formula is C15H14F2N2O2. The summed E-state index contributed by atoms with van der Waals surface area (Å²) in [6.45, 7) is 3.97. The summed E-state index contributed by atoms with van der Waals surface area (Å²) in [7, 11) is 0. The van der Waals surface area contributed by atoms with E-state index in [9.17, 15) is 18.9 Å². The molecule has 2 aromatic rings. The van der Waals surface area contributed by atoms with Gasteiger partial charge in [-0.15, -0.1) is 0 Å². The molecule has 0 aliphatic heterocycles. The number of nitrogens with one attached hydrogen (secondary N) is 1. The first kappa shape index (κ1) is 14.9. The van der Waals surface area contributed by atoms with Gasteiger partial charge in [0.05, 0.1) is 4.92 Å². The molecule has 110 valence electrons. The Morgan fingerprint density at radius 3 is 2.57 bits per heavy atom. The van der Waals surface area contributed by atoms with Crippen molar-refractivity contribution < 1.29 is 13.7 Å². The molecular weight excluding hydrogens is 278 g/mol. The van der Waals surface area contributed by atoms with Gasteiger partial charge >= 0.3 is 0 Å². The average molecular weight is 292 g/mol. The average Bonchev–Trinajstić information content (AvgIpc) is 2.43. The molecule has 21 heavy (non-hydrogen) atoms. The third-order valence-electron chi connectivity index (χ3n) is 3.23. The second-order valence-corrected chi connectivity index (χ2v) is 4.80. The first-order valence-corrected chi connectivity index (χ1v) is 6.32. The van der Waals surface area contributed by atoms with Gasteiger partial charge in [0.1, 0.15) is 0 Å². The van der Waals surface area contributed by atoms with Crippen molar-refractivity contribution in [3.63, 3.8) is 0 Å². The Hall–Kier alpha value is -2.50. The molecule has 0 aliphatic rings. The molecule has 0 spiro atoms. The summed E-state index contributed by atoms with van der Waals surface area (Å²) in [4.78, 5) is 10.2. The summed E-state index contributed by atoms with van der Waals surface area (Å²) < 4.78 is 27.0. The lowest BCUT2D eigenvalue weighted by molar-refractivity contribution is -0.384. The molecule has 0 fully saturated rings. The highest BCUT2D eigenvalue weighted by Gasteiger charge is 2.21. The molecule has 0 aliphatic carbocycles. The minimum Gasteiger partial charge on any atom is -0.373 e. The van der Waals surface area contributed by atoms with Crippen molar-refractivity contribution in [1.29, 1.82) is 0 Å². The van der Waals surface area contributed by atoms with Gasteiger partial charge in [0.15, 0.2) is 17.3 Å². The Bertz CT molecular complexity index is 702. The number of rotatable bonds is 4. The Labute approximate surface area is 120 Å². The summed E-state index contributed by atoms with van der Waals surface area (Å²) in [5.41, 5.74) is 1.94. The van der Waals surface area contributed by atoms with E-state index in [0.717, 1.165) is 28.8 Å². The largest absolute Gasteiger partial charge is 0.373 e. The van der Waals surface area contributed by atoms with Crippen LogP contribution in [-0.2, 0) is 6.54 Å². The van der Waals surface area contributed by atoms with Crippen molar-refractivity contribution in [2.24, 2.45) is 0 Å². The van der Waals surface area contributed by atoms with Crippen LogP contribution in [0.4, 0.5) is 20.2 Å². The van der Waals surface area contributed by atoms with Crippen LogP contribution in [0, 0.1) is 35.6 Å². The monoisotopic (exact) mass is 292 g/mol. The van der Waals surface area contributed by atoms with E-state index in [-0.39, 0.29) is 6.54 Å². The van der Waals surface area contributed by atoms with E-state index in [1.165, 1.54) is 0 Å². The van der Waals surface area contributed by atoms with E-state index >= 15 is 0 Å². The zero-order valence-corrected chi connectivity index (χ0v) is 11.6. The van der Waals surface area contributed by atoms with Gasteiger partial charge in [0.2, 0.25) is 0 Å². The van der Waals surface area contributed by atoms with Gasteiger partial charge < -0.3 is 5.32 Å². The summed E-state index contributed by atoms with van der Waals surface area (Å²) in [5.74, 6) is -2.36. The normalized spacial score (nSPS) is 10.5. The predicted molar refractivity (Wildman–Crippen MR) is 76.3 cm³/mol. The van der Waals surface area contributed by atoms with E-state index in [4.69, 9.17) is 0 Å². The van der Waals surface area contributed by atoms with E-state index in [2.05, 4.69) is 5.32 Å². The van der Waals surface area contributed by atoms with Crippen LogP contribution in [-0.4, -0.2) is 4.92 Å². The molecule has 2 aromatic carbocycles. The molecule has 1 N–H and O–H groups in total. The van der Waals surface area contributed by atoms with Crippen LogP contribution in [0.2, 0.25) is 0 Å². The number of halogens is 2. The smallest absolute Gasteiger partial charge is 0.295 e. The van der Waals surface area contributed by atoms with Crippen LogP contribution in [0.1, 0.15) is 16.7 Å². The number of aryl methyl sites for hydroxylation is 2. The lowest BCUT2D eigenvalue weighted by Gasteiger charge is -2.11. The SMILES string of the molecule is Cc1ccc(C)c(CNc2c([N+](=O)[O-])ccc(F)c2F)c1. The van der Waals surface area contributed by atoms with Crippen molar-refractivity contribution >= 4 is 11.4 Å². The van der Waals surface area contributed by atoms with E-state index in [0.29, 0.717) is 0 Å². The molecule has 0 atom stereocenters. The van der Waals surface area contributed by atoms with Crippen LogP contribution in [0.5, 0.6) is 0 Å². The lowest BCUT2D eigenvalue weighted by atomic mass is 10.1. The number of hydrogen-bond acceptors (Lipinski definition) is 3. The number of nitro benzene ring substituents is 1. The number of anilines is 1. The van der Waals surface area contributed by atoms with Crippen LogP contribution in [0.15, 0.2) is 30.3 Å². The molecule has 0 saturated carbocycles. The van der Waals surface area contributed by atoms with Crippen molar-refractivity contribution in [2.45, 2.75) is 20.4 Å². The van der Waals surface area contributed by atoms with Crippen LogP contribution in [0.25, 0.3) is 0 Å². The highest BCUT2D eigenvalue weighted by molar-refractivity contribution is 5.62. The second kappa shape index (κ2) is 5.87. The van der Waals surface area contributed by atoms with E-state index in [1.54, 1.807) is 0 Å². The van der Waals surface area contributed by atoms with Gasteiger partial charge in [-0.1, -0.05) is 23.8 Å². The molecule has 2 rings (SSSR count). The molecule has 0 amide bonds. The van der Waals surface area contributed by atoms with E-state index in [1.807, 2.05) is 32.0 Å². The first-order chi connectivity index (χ1) is 9.90. The summed E-state index contributed by atoms with van der Waals surface area (Å²) >= 11 is 0. The van der Waals surface area contributed by atoms with Gasteiger partial charge in [-0.3, -0.25) is 10.1 Å². The van der Waals surface area contributed by atoms with Gasteiger partial charge in [-0.2, -0.15) is 0 Å². The fourth-order valence-corrected chi connectivity index (χ4v) is 2.04. The molecule has 0 saturated heterocycles. The highest BCUT2D eigenvalue weighted by atomic mass is 19.2. The van der Waals surface area contributed by atoms with Gasteiger partial charge in [0.25, 0.3) is 5.69 Å². The second-order valence-electron chi connectivity index (χ2n) is 4.80. The number of hydrogen-bond donors (Lipinski definition) is 1. The molecule has 4 nitrogen and oxygen atoms in total. The number of nitro groups is 1. The third kappa shape index (κ3) is 3.16. The minimum atomic E-state index is -1.24. The number of benzene rings is 2. The fraction of sp³-hybridized carbons (Fsp3) is 0.200. The zero-order valence-electron chi connectivity index (χ0n) is 11.6. The van der Waals surface area contributed by atoms with Gasteiger partial charge in [0, 0.05) is 12.6 Å². The molecule has 0 heterocycles. The maximum atomic E-state index is 13.8. The zero-order chi connectivity index (χ0) is 15.6. The van der Waals surface area contributed by atoms with Crippen LogP contribution >= 0.6 is 0 Å². The van der Waals surface area contributed by atoms with Crippen molar-refractivity contribution in [1.82, 2.24) is 0 Å². The Balaban J connectivity index is 2.33. The van der Waals surface area contributed by atoms with Gasteiger partial charge in [-0.05, 0) is 31.0 Å². The molecule has 0 bridgehead atoms. The highest BCUT2D eigenvalue weighted by Crippen LogP contribution is 2.29. The maximum Gasteiger partial charge on any atom is 0.295 e. The van der Waals surface area contributed by atoms with Crippen molar-refractivity contribution in [3.05, 3.63) is 68.8 Å². The summed E-state index contributed by atoms with van der Waals surface area (Å²) in [6.07, 6.45) is 0. The van der Waals surface area contributed by atoms with Gasteiger partial charge in [-0.25, -0.2) is 8.78 Å². The third-order valence-corrected chi connectivity index (χ3v) is 3.23. The van der Waals surface area contributed by atoms with Crippen molar-refractivity contribution in [3.8, 4) is 0 Å². The Morgan fingerprint density at radius 1 is 1.19 bits per heavy atom. The first-order valence-electron chi connectivity index (χ1n) is 6.32. The summed E-state index contributed by atoms with van der Waals surface area (Å²) in [5, 5.41) is 13.5. The molecule has 0 radical (unpaired) electrons. The molecule has 6 heteroatoms. The lowest BCUT2D eigenvalue weighted by Crippen LogP contribution is -2.07. The topological polar surface area (TPSA) is 55.2 Å². The maximum absolute atomic E-state index is 13.8. The number of nitrogens with zero attached hydrogens (tertiary/aromatic N) is 1. The molecule has 0 unspecified atom stereocenters. The van der Waals surface area contributed by atoms with Crippen molar-refractivity contribution in [2.75, 3.05) is 5.32 Å². The standard InChI is InChI=1S/C15H14F2N2O2/c1-9-3-4-10(2)11(7-9)8-18-15-13(19(20)21)6-5-12(16)14(15)17/h3-7,18H,8H2,1-2H3. The van der Waals surface area contributed by atoms with Crippen LogP contribution < -0.4 is 5.32 Å². The molecule has 0 aromatic heterocycles. The predicted octanol–water partition coefficient (Wildman–Crippen LogP) is 4.10. The van der Waals surface area contributed by atoms with Crippen LogP contribution in [0.3, 0.4) is 0 Å².